The van der Waals surface area contributed by atoms with Crippen LogP contribution in [0.15, 0.2) is 30.9 Å². The lowest BCUT2D eigenvalue weighted by Gasteiger charge is -2.25. The van der Waals surface area contributed by atoms with E-state index in [-0.39, 0.29) is 11.9 Å². The van der Waals surface area contributed by atoms with Crippen LogP contribution < -0.4 is 0 Å². The molecular weight excluding hydrogens is 275 g/mol. The van der Waals surface area contributed by atoms with Crippen LogP contribution >= 0.6 is 0 Å². The van der Waals surface area contributed by atoms with E-state index in [2.05, 4.69) is 6.58 Å². The molecule has 118 valence electrons. The van der Waals surface area contributed by atoms with Gasteiger partial charge in [0, 0.05) is 21.3 Å². The Morgan fingerprint density at radius 2 is 1.95 bits per heavy atom. The van der Waals surface area contributed by atoms with Crippen molar-refractivity contribution in [3.05, 3.63) is 47.8 Å². The Bertz CT molecular complexity index is 436. The van der Waals surface area contributed by atoms with Crippen LogP contribution in [0.1, 0.15) is 17.2 Å². The number of rotatable bonds is 10. The summed E-state index contributed by atoms with van der Waals surface area (Å²) in [4.78, 5) is 0. The van der Waals surface area contributed by atoms with E-state index >= 15 is 0 Å². The molecule has 0 amide bonds. The number of hydrogen-bond donors (Lipinski definition) is 0. The molecule has 2 atom stereocenters. The molecule has 0 aliphatic heterocycles. The monoisotopic (exact) mass is 298 g/mol. The maximum Gasteiger partial charge on any atom is 0.123 e. The Morgan fingerprint density at radius 1 is 1.19 bits per heavy atom. The van der Waals surface area contributed by atoms with Gasteiger partial charge in [-0.2, -0.15) is 0 Å². The van der Waals surface area contributed by atoms with E-state index in [1.54, 1.807) is 27.4 Å². The molecular formula is C16H23FO4. The van der Waals surface area contributed by atoms with Crippen LogP contribution in [0, 0.1) is 5.82 Å². The standard InChI is InChI=1S/C16H23FO4/c1-5-6-21-10-12-7-13(9-14(17)8-12)16(20-4)15(19-3)11-18-2/h5,7-9,15-16H,1,6,10-11H2,2-4H3/t15-,16+/m1/s1. The molecule has 0 heterocycles. The number of benzene rings is 1. The Labute approximate surface area is 125 Å². The maximum absolute atomic E-state index is 13.8. The van der Waals surface area contributed by atoms with E-state index in [0.717, 1.165) is 5.56 Å². The van der Waals surface area contributed by atoms with Gasteiger partial charge in [0.1, 0.15) is 18.0 Å². The van der Waals surface area contributed by atoms with Crippen molar-refractivity contribution in [1.82, 2.24) is 0 Å². The summed E-state index contributed by atoms with van der Waals surface area (Å²) in [7, 11) is 4.72. The molecule has 0 bridgehead atoms. The first kappa shape index (κ1) is 17.8. The summed E-state index contributed by atoms with van der Waals surface area (Å²) in [6.07, 6.45) is 0.921. The molecule has 0 radical (unpaired) electrons. The summed E-state index contributed by atoms with van der Waals surface area (Å²) in [5, 5.41) is 0. The van der Waals surface area contributed by atoms with E-state index in [9.17, 15) is 4.39 Å². The van der Waals surface area contributed by atoms with Crippen LogP contribution in [0.4, 0.5) is 4.39 Å². The average molecular weight is 298 g/mol. The lowest BCUT2D eigenvalue weighted by molar-refractivity contribution is -0.0697. The van der Waals surface area contributed by atoms with Crippen LogP contribution in [0.3, 0.4) is 0 Å². The summed E-state index contributed by atoms with van der Waals surface area (Å²) >= 11 is 0. The molecule has 0 spiro atoms. The van der Waals surface area contributed by atoms with E-state index in [0.29, 0.717) is 25.4 Å². The molecule has 1 rings (SSSR count). The zero-order valence-electron chi connectivity index (χ0n) is 12.8. The van der Waals surface area contributed by atoms with Crippen molar-refractivity contribution in [2.24, 2.45) is 0 Å². The van der Waals surface area contributed by atoms with Gasteiger partial charge in [-0.3, -0.25) is 0 Å². The van der Waals surface area contributed by atoms with Crippen LogP contribution in [0.2, 0.25) is 0 Å². The Balaban J connectivity index is 2.94. The van der Waals surface area contributed by atoms with Crippen LogP contribution in [-0.4, -0.2) is 40.6 Å². The summed E-state index contributed by atoms with van der Waals surface area (Å²) in [5.74, 6) is -0.334. The molecule has 0 saturated carbocycles. The van der Waals surface area contributed by atoms with Gasteiger partial charge in [0.2, 0.25) is 0 Å². The minimum absolute atomic E-state index is 0.315. The number of ether oxygens (including phenoxy) is 4. The second kappa shape index (κ2) is 9.63. The van der Waals surface area contributed by atoms with Gasteiger partial charge in [0.05, 0.1) is 19.8 Å². The zero-order chi connectivity index (χ0) is 15.7. The van der Waals surface area contributed by atoms with E-state index in [1.807, 2.05) is 6.07 Å². The highest BCUT2D eigenvalue weighted by atomic mass is 19.1. The lowest BCUT2D eigenvalue weighted by Crippen LogP contribution is -2.27. The minimum Gasteiger partial charge on any atom is -0.382 e. The second-order valence-electron chi connectivity index (χ2n) is 4.58. The predicted octanol–water partition coefficient (Wildman–Crippen LogP) is 2.88. The smallest absolute Gasteiger partial charge is 0.123 e. The van der Waals surface area contributed by atoms with Gasteiger partial charge in [-0.1, -0.05) is 12.1 Å². The largest absolute Gasteiger partial charge is 0.382 e. The number of hydrogen-bond acceptors (Lipinski definition) is 4. The zero-order valence-corrected chi connectivity index (χ0v) is 12.8. The third kappa shape index (κ3) is 5.55. The highest BCUT2D eigenvalue weighted by molar-refractivity contribution is 5.27. The fraction of sp³-hybridized carbons (Fsp3) is 0.500. The first-order valence-electron chi connectivity index (χ1n) is 6.68. The highest BCUT2D eigenvalue weighted by Gasteiger charge is 2.23. The molecule has 0 N–H and O–H groups in total. The molecule has 0 aromatic heterocycles. The molecule has 0 aliphatic rings. The lowest BCUT2D eigenvalue weighted by atomic mass is 10.0. The van der Waals surface area contributed by atoms with Crippen LogP contribution in [-0.2, 0) is 25.6 Å². The molecule has 4 nitrogen and oxygen atoms in total. The third-order valence-corrected chi connectivity index (χ3v) is 3.04. The van der Waals surface area contributed by atoms with Crippen molar-refractivity contribution in [3.8, 4) is 0 Å². The number of methoxy groups -OCH3 is 3. The van der Waals surface area contributed by atoms with Crippen molar-refractivity contribution < 1.29 is 23.3 Å². The van der Waals surface area contributed by atoms with Gasteiger partial charge in [-0.15, -0.1) is 6.58 Å². The topological polar surface area (TPSA) is 36.9 Å². The van der Waals surface area contributed by atoms with Gasteiger partial charge in [-0.25, -0.2) is 4.39 Å². The maximum atomic E-state index is 13.8. The summed E-state index contributed by atoms with van der Waals surface area (Å²) in [6.45, 7) is 4.66. The summed E-state index contributed by atoms with van der Waals surface area (Å²) < 4.78 is 35.0. The molecule has 0 aliphatic carbocycles. The second-order valence-corrected chi connectivity index (χ2v) is 4.58. The van der Waals surface area contributed by atoms with E-state index in [1.165, 1.54) is 12.1 Å². The van der Waals surface area contributed by atoms with Crippen molar-refractivity contribution in [1.29, 1.82) is 0 Å². The fourth-order valence-corrected chi connectivity index (χ4v) is 2.13. The van der Waals surface area contributed by atoms with Crippen LogP contribution in [0.5, 0.6) is 0 Å². The first-order chi connectivity index (χ1) is 10.2. The Hall–Kier alpha value is -1.27. The molecule has 0 unspecified atom stereocenters. The van der Waals surface area contributed by atoms with Crippen molar-refractivity contribution in [2.75, 3.05) is 34.5 Å². The number of halogens is 1. The molecule has 21 heavy (non-hydrogen) atoms. The quantitative estimate of drug-likeness (QED) is 0.492. The van der Waals surface area contributed by atoms with Crippen molar-refractivity contribution in [2.45, 2.75) is 18.8 Å². The molecule has 5 heteroatoms. The third-order valence-electron chi connectivity index (χ3n) is 3.04. The van der Waals surface area contributed by atoms with Gasteiger partial charge in [-0.05, 0) is 23.3 Å². The molecule has 0 fully saturated rings. The van der Waals surface area contributed by atoms with E-state index < -0.39 is 6.10 Å². The first-order valence-corrected chi connectivity index (χ1v) is 6.68. The average Bonchev–Trinajstić information content (AvgIpc) is 2.47. The highest BCUT2D eigenvalue weighted by Crippen LogP contribution is 2.25. The summed E-state index contributed by atoms with van der Waals surface area (Å²) in [5.41, 5.74) is 1.43. The molecule has 0 saturated heterocycles. The van der Waals surface area contributed by atoms with Gasteiger partial charge >= 0.3 is 0 Å². The van der Waals surface area contributed by atoms with Crippen molar-refractivity contribution >= 4 is 0 Å². The Kier molecular flexibility index (Phi) is 8.15. The summed E-state index contributed by atoms with van der Waals surface area (Å²) in [6, 6.07) is 4.73. The fourth-order valence-electron chi connectivity index (χ4n) is 2.13. The van der Waals surface area contributed by atoms with Gasteiger partial charge in [0.25, 0.3) is 0 Å². The normalized spacial score (nSPS) is 13.9. The van der Waals surface area contributed by atoms with E-state index in [4.69, 9.17) is 18.9 Å². The Morgan fingerprint density at radius 3 is 2.52 bits per heavy atom. The minimum atomic E-state index is -0.413. The van der Waals surface area contributed by atoms with Gasteiger partial charge < -0.3 is 18.9 Å². The van der Waals surface area contributed by atoms with Crippen molar-refractivity contribution in [3.63, 3.8) is 0 Å². The van der Waals surface area contributed by atoms with Gasteiger partial charge in [0.15, 0.2) is 0 Å². The SMILES string of the molecule is C=CCOCc1cc(F)cc([C@H](OC)[C@@H](COC)OC)c1. The molecule has 1 aromatic rings. The molecule has 1 aromatic carbocycles. The predicted molar refractivity (Wildman–Crippen MR) is 78.7 cm³/mol. The van der Waals surface area contributed by atoms with Crippen LogP contribution in [0.25, 0.3) is 0 Å².